The average molecular weight is 337 g/mol. The number of hydrogen-bond acceptors (Lipinski definition) is 2. The molecule has 0 aromatic heterocycles. The molecule has 0 saturated heterocycles. The number of benzene rings is 2. The van der Waals surface area contributed by atoms with Crippen molar-refractivity contribution in [1.82, 2.24) is 5.43 Å². The van der Waals surface area contributed by atoms with E-state index in [2.05, 4.69) is 52.5 Å². The zero-order chi connectivity index (χ0) is 14.5. The zero-order valence-corrected chi connectivity index (χ0v) is 13.0. The second-order valence-electron chi connectivity index (χ2n) is 4.80. The summed E-state index contributed by atoms with van der Waals surface area (Å²) in [5.74, 6) is 5.35. The van der Waals surface area contributed by atoms with Crippen molar-refractivity contribution in [2.45, 2.75) is 25.8 Å². The van der Waals surface area contributed by atoms with Crippen LogP contribution in [0.3, 0.4) is 0 Å². The number of nitrogens with two attached hydrogens (primary N) is 1. The SMILES string of the molecule is CCc1ccc(CC(NN)c2cc(F)cc(Br)c2)cc1. The first-order valence-corrected chi connectivity index (χ1v) is 7.41. The van der Waals surface area contributed by atoms with E-state index in [4.69, 9.17) is 5.84 Å². The Morgan fingerprint density at radius 2 is 1.80 bits per heavy atom. The van der Waals surface area contributed by atoms with Crippen molar-refractivity contribution < 1.29 is 4.39 Å². The third-order valence-corrected chi connectivity index (χ3v) is 3.82. The molecule has 0 bridgehead atoms. The quantitative estimate of drug-likeness (QED) is 0.642. The topological polar surface area (TPSA) is 38.0 Å². The molecule has 0 spiro atoms. The first-order chi connectivity index (χ1) is 9.62. The van der Waals surface area contributed by atoms with Crippen molar-refractivity contribution in [2.24, 2.45) is 5.84 Å². The van der Waals surface area contributed by atoms with E-state index in [0.29, 0.717) is 4.47 Å². The van der Waals surface area contributed by atoms with E-state index in [0.717, 1.165) is 18.4 Å². The summed E-state index contributed by atoms with van der Waals surface area (Å²) < 4.78 is 14.2. The number of halogens is 2. The van der Waals surface area contributed by atoms with Crippen LogP contribution in [0.5, 0.6) is 0 Å². The van der Waals surface area contributed by atoms with Gasteiger partial charge in [0.25, 0.3) is 0 Å². The van der Waals surface area contributed by atoms with Gasteiger partial charge in [-0.3, -0.25) is 11.3 Å². The fraction of sp³-hybridized carbons (Fsp3) is 0.250. The molecule has 3 N–H and O–H groups in total. The molecule has 0 heterocycles. The van der Waals surface area contributed by atoms with Crippen LogP contribution in [-0.2, 0) is 12.8 Å². The molecule has 0 fully saturated rings. The fourth-order valence-corrected chi connectivity index (χ4v) is 2.68. The zero-order valence-electron chi connectivity index (χ0n) is 11.4. The molecule has 1 atom stereocenters. The third-order valence-electron chi connectivity index (χ3n) is 3.36. The smallest absolute Gasteiger partial charge is 0.124 e. The van der Waals surface area contributed by atoms with E-state index < -0.39 is 0 Å². The lowest BCUT2D eigenvalue weighted by atomic mass is 9.98. The Morgan fingerprint density at radius 3 is 2.35 bits per heavy atom. The predicted molar refractivity (Wildman–Crippen MR) is 83.7 cm³/mol. The van der Waals surface area contributed by atoms with Gasteiger partial charge in [0.2, 0.25) is 0 Å². The minimum absolute atomic E-state index is 0.116. The van der Waals surface area contributed by atoms with Gasteiger partial charge in [-0.25, -0.2) is 4.39 Å². The Kier molecular flexibility index (Phi) is 5.29. The van der Waals surface area contributed by atoms with Crippen LogP contribution in [0.25, 0.3) is 0 Å². The van der Waals surface area contributed by atoms with Crippen LogP contribution >= 0.6 is 15.9 Å². The molecule has 1 unspecified atom stereocenters. The first kappa shape index (κ1) is 15.2. The summed E-state index contributed by atoms with van der Waals surface area (Å²) in [6.45, 7) is 2.13. The Bertz CT molecular complexity index is 549. The molecule has 2 rings (SSSR count). The van der Waals surface area contributed by atoms with Gasteiger partial charge in [-0.15, -0.1) is 0 Å². The second kappa shape index (κ2) is 6.97. The highest BCUT2D eigenvalue weighted by atomic mass is 79.9. The van der Waals surface area contributed by atoms with Crippen LogP contribution in [0.4, 0.5) is 4.39 Å². The van der Waals surface area contributed by atoms with Gasteiger partial charge in [0.15, 0.2) is 0 Å². The van der Waals surface area contributed by atoms with Crippen molar-refractivity contribution in [3.63, 3.8) is 0 Å². The second-order valence-corrected chi connectivity index (χ2v) is 5.71. The summed E-state index contributed by atoms with van der Waals surface area (Å²) in [7, 11) is 0. The van der Waals surface area contributed by atoms with Gasteiger partial charge < -0.3 is 0 Å². The molecule has 0 amide bonds. The summed E-state index contributed by atoms with van der Waals surface area (Å²) in [5, 5.41) is 0. The lowest BCUT2D eigenvalue weighted by molar-refractivity contribution is 0.544. The van der Waals surface area contributed by atoms with Crippen LogP contribution in [-0.4, -0.2) is 0 Å². The maximum Gasteiger partial charge on any atom is 0.124 e. The standard InChI is InChI=1S/C16H18BrFN2/c1-2-11-3-5-12(6-4-11)7-16(20-19)13-8-14(17)10-15(18)9-13/h3-6,8-10,16,20H,2,7,19H2,1H3. The molecule has 20 heavy (non-hydrogen) atoms. The largest absolute Gasteiger partial charge is 0.271 e. The van der Waals surface area contributed by atoms with Crippen molar-refractivity contribution in [3.8, 4) is 0 Å². The van der Waals surface area contributed by atoms with Gasteiger partial charge in [0.05, 0.1) is 6.04 Å². The Labute approximate surface area is 127 Å². The predicted octanol–water partition coefficient (Wildman–Crippen LogP) is 3.90. The van der Waals surface area contributed by atoms with Gasteiger partial charge >= 0.3 is 0 Å². The Balaban J connectivity index is 2.19. The molecule has 2 aromatic carbocycles. The van der Waals surface area contributed by atoms with Crippen LogP contribution < -0.4 is 11.3 Å². The van der Waals surface area contributed by atoms with Crippen molar-refractivity contribution >= 4 is 15.9 Å². The van der Waals surface area contributed by atoms with E-state index >= 15 is 0 Å². The molecule has 0 aliphatic rings. The molecule has 2 nitrogen and oxygen atoms in total. The number of rotatable bonds is 5. The first-order valence-electron chi connectivity index (χ1n) is 6.62. The number of nitrogens with one attached hydrogen (secondary N) is 1. The Hall–Kier alpha value is -1.23. The van der Waals surface area contributed by atoms with E-state index in [1.165, 1.54) is 23.3 Å². The monoisotopic (exact) mass is 336 g/mol. The van der Waals surface area contributed by atoms with E-state index in [1.54, 1.807) is 0 Å². The van der Waals surface area contributed by atoms with Gasteiger partial charge in [-0.2, -0.15) is 0 Å². The molecular weight excluding hydrogens is 319 g/mol. The summed E-state index contributed by atoms with van der Waals surface area (Å²) >= 11 is 3.31. The molecule has 0 saturated carbocycles. The maximum absolute atomic E-state index is 13.5. The highest BCUT2D eigenvalue weighted by molar-refractivity contribution is 9.10. The van der Waals surface area contributed by atoms with Crippen molar-refractivity contribution in [3.05, 3.63) is 69.4 Å². The highest BCUT2D eigenvalue weighted by Gasteiger charge is 2.12. The summed E-state index contributed by atoms with van der Waals surface area (Å²) in [6, 6.07) is 13.1. The van der Waals surface area contributed by atoms with E-state index in [1.807, 2.05) is 6.07 Å². The molecule has 0 aliphatic carbocycles. The summed E-state index contributed by atoms with van der Waals surface area (Å²) in [6.07, 6.45) is 1.74. The summed E-state index contributed by atoms with van der Waals surface area (Å²) in [5.41, 5.74) is 6.07. The molecule has 0 radical (unpaired) electrons. The minimum atomic E-state index is -0.268. The van der Waals surface area contributed by atoms with Gasteiger partial charge in [-0.05, 0) is 47.7 Å². The van der Waals surface area contributed by atoms with Crippen LogP contribution in [0, 0.1) is 5.82 Å². The molecule has 106 valence electrons. The van der Waals surface area contributed by atoms with Gasteiger partial charge in [-0.1, -0.05) is 47.1 Å². The number of hydrazine groups is 1. The van der Waals surface area contributed by atoms with Crippen LogP contribution in [0.1, 0.15) is 29.7 Å². The van der Waals surface area contributed by atoms with Crippen molar-refractivity contribution in [2.75, 3.05) is 0 Å². The normalized spacial score (nSPS) is 12.4. The maximum atomic E-state index is 13.5. The van der Waals surface area contributed by atoms with Gasteiger partial charge in [0, 0.05) is 4.47 Å². The fourth-order valence-electron chi connectivity index (χ4n) is 2.20. The highest BCUT2D eigenvalue weighted by Crippen LogP contribution is 2.23. The van der Waals surface area contributed by atoms with Gasteiger partial charge in [0.1, 0.15) is 5.82 Å². The average Bonchev–Trinajstić information content (AvgIpc) is 2.44. The lowest BCUT2D eigenvalue weighted by Crippen LogP contribution is -2.29. The van der Waals surface area contributed by atoms with Crippen molar-refractivity contribution in [1.29, 1.82) is 0 Å². The molecular formula is C16H18BrFN2. The van der Waals surface area contributed by atoms with Crippen LogP contribution in [0.2, 0.25) is 0 Å². The molecule has 2 aromatic rings. The minimum Gasteiger partial charge on any atom is -0.271 e. The Morgan fingerprint density at radius 1 is 1.15 bits per heavy atom. The van der Waals surface area contributed by atoms with E-state index in [-0.39, 0.29) is 11.9 Å². The number of aryl methyl sites for hydroxylation is 1. The molecule has 0 aliphatic heterocycles. The van der Waals surface area contributed by atoms with E-state index in [9.17, 15) is 4.39 Å². The number of hydrogen-bond donors (Lipinski definition) is 2. The third kappa shape index (κ3) is 3.88. The van der Waals surface area contributed by atoms with Crippen LogP contribution in [0.15, 0.2) is 46.9 Å². The summed E-state index contributed by atoms with van der Waals surface area (Å²) in [4.78, 5) is 0. The molecule has 4 heteroatoms. The lowest BCUT2D eigenvalue weighted by Gasteiger charge is -2.17.